The van der Waals surface area contributed by atoms with Gasteiger partial charge in [0.2, 0.25) is 0 Å². The molecule has 2 heteroatoms. The summed E-state index contributed by atoms with van der Waals surface area (Å²) in [6.07, 6.45) is 6.30. The summed E-state index contributed by atoms with van der Waals surface area (Å²) in [5.74, 6) is 0.320. The van der Waals surface area contributed by atoms with Crippen LogP contribution in [0.5, 0.6) is 5.75 Å². The van der Waals surface area contributed by atoms with Crippen LogP contribution in [0.2, 0.25) is 0 Å². The van der Waals surface area contributed by atoms with Crippen LogP contribution < -0.4 is 4.90 Å². The molecular formula is C19H21NO. The first-order chi connectivity index (χ1) is 9.96. The van der Waals surface area contributed by atoms with Gasteiger partial charge in [0.05, 0.1) is 0 Å². The number of allylic oxidation sites excluding steroid dienone is 4. The molecule has 0 radical (unpaired) electrons. The fourth-order valence-electron chi connectivity index (χ4n) is 3.42. The largest absolute Gasteiger partial charge is 0.508 e. The Morgan fingerprint density at radius 2 is 1.86 bits per heavy atom. The molecule has 0 aromatic heterocycles. The summed E-state index contributed by atoms with van der Waals surface area (Å²) >= 11 is 0. The molecule has 0 bridgehead atoms. The molecular weight excluding hydrogens is 258 g/mol. The van der Waals surface area contributed by atoms with Gasteiger partial charge in [-0.15, -0.1) is 0 Å². The maximum Gasteiger partial charge on any atom is 0.116 e. The first kappa shape index (κ1) is 13.7. The molecule has 0 amide bonds. The van der Waals surface area contributed by atoms with Crippen molar-refractivity contribution in [1.82, 2.24) is 0 Å². The van der Waals surface area contributed by atoms with Gasteiger partial charge in [-0.05, 0) is 47.5 Å². The third-order valence-electron chi connectivity index (χ3n) is 4.42. The second kappa shape index (κ2) is 4.66. The molecule has 1 aliphatic rings. The first-order valence-electron chi connectivity index (χ1n) is 7.30. The van der Waals surface area contributed by atoms with Crippen molar-refractivity contribution in [3.63, 3.8) is 0 Å². The minimum atomic E-state index is -0.0864. The van der Waals surface area contributed by atoms with Crippen molar-refractivity contribution < 1.29 is 5.11 Å². The van der Waals surface area contributed by atoms with E-state index in [1.165, 1.54) is 22.3 Å². The van der Waals surface area contributed by atoms with E-state index in [1.807, 2.05) is 25.1 Å². The van der Waals surface area contributed by atoms with Crippen molar-refractivity contribution in [1.29, 1.82) is 0 Å². The molecule has 0 spiro atoms. The van der Waals surface area contributed by atoms with E-state index < -0.39 is 0 Å². The minimum absolute atomic E-state index is 0.0864. The molecule has 2 aromatic rings. The number of nitrogens with zero attached hydrogens (tertiary/aromatic N) is 1. The lowest BCUT2D eigenvalue weighted by Gasteiger charge is -2.24. The summed E-state index contributed by atoms with van der Waals surface area (Å²) in [7, 11) is 2.11. The van der Waals surface area contributed by atoms with Crippen molar-refractivity contribution in [3.8, 4) is 5.75 Å². The fraction of sp³-hybridized carbons (Fsp3) is 0.263. The highest BCUT2D eigenvalue weighted by Gasteiger charge is 2.39. The fourth-order valence-corrected chi connectivity index (χ4v) is 3.42. The van der Waals surface area contributed by atoms with E-state index in [4.69, 9.17) is 0 Å². The highest BCUT2D eigenvalue weighted by molar-refractivity contribution is 5.95. The monoisotopic (exact) mass is 279 g/mol. The normalized spacial score (nSPS) is 18.9. The Hall–Kier alpha value is -2.22. The number of fused-ring (bicyclic) bond motifs is 3. The molecule has 0 saturated heterocycles. The van der Waals surface area contributed by atoms with Gasteiger partial charge >= 0.3 is 0 Å². The van der Waals surface area contributed by atoms with Gasteiger partial charge < -0.3 is 10.0 Å². The summed E-state index contributed by atoms with van der Waals surface area (Å²) in [6.45, 7) is 6.52. The number of rotatable bonds is 1. The molecule has 0 saturated carbocycles. The molecule has 1 N–H and O–H groups in total. The molecule has 0 aliphatic carbocycles. The molecule has 3 rings (SSSR count). The Kier molecular flexibility index (Phi) is 3.05. The number of hydrogen-bond acceptors (Lipinski definition) is 2. The van der Waals surface area contributed by atoms with Crippen LogP contribution in [0.1, 0.15) is 26.3 Å². The Labute approximate surface area is 126 Å². The van der Waals surface area contributed by atoms with Gasteiger partial charge in [-0.1, -0.05) is 38.1 Å². The van der Waals surface area contributed by atoms with Gasteiger partial charge in [-0.3, -0.25) is 0 Å². The first-order valence-corrected chi connectivity index (χ1v) is 7.30. The number of phenolic OH excluding ortho intramolecular Hbond substituents is 1. The van der Waals surface area contributed by atoms with Crippen molar-refractivity contribution >= 4 is 16.5 Å². The molecule has 0 unspecified atom stereocenters. The van der Waals surface area contributed by atoms with E-state index >= 15 is 0 Å². The average molecular weight is 279 g/mol. The molecule has 21 heavy (non-hydrogen) atoms. The van der Waals surface area contributed by atoms with E-state index in [9.17, 15) is 5.11 Å². The summed E-state index contributed by atoms with van der Waals surface area (Å²) in [4.78, 5) is 2.25. The molecule has 2 nitrogen and oxygen atoms in total. The third kappa shape index (κ3) is 1.94. The zero-order valence-electron chi connectivity index (χ0n) is 13.0. The van der Waals surface area contributed by atoms with Crippen LogP contribution in [-0.2, 0) is 5.41 Å². The number of aromatic hydroxyl groups is 1. The van der Waals surface area contributed by atoms with Gasteiger partial charge in [-0.2, -0.15) is 0 Å². The van der Waals surface area contributed by atoms with Crippen molar-refractivity contribution in [3.05, 3.63) is 59.8 Å². The van der Waals surface area contributed by atoms with Crippen molar-refractivity contribution in [2.45, 2.75) is 26.2 Å². The highest BCUT2D eigenvalue weighted by atomic mass is 16.3. The topological polar surface area (TPSA) is 23.5 Å². The van der Waals surface area contributed by atoms with Crippen LogP contribution in [0.25, 0.3) is 10.8 Å². The van der Waals surface area contributed by atoms with Gasteiger partial charge in [0.25, 0.3) is 0 Å². The van der Waals surface area contributed by atoms with Gasteiger partial charge in [0.15, 0.2) is 0 Å². The average Bonchev–Trinajstić information content (AvgIpc) is 2.64. The van der Waals surface area contributed by atoms with E-state index in [2.05, 4.69) is 50.1 Å². The Balaban J connectivity index is 2.35. The number of likely N-dealkylation sites (N-methyl/N-ethyl adjacent to an activating group) is 1. The van der Waals surface area contributed by atoms with Crippen molar-refractivity contribution in [2.75, 3.05) is 11.9 Å². The predicted octanol–water partition coefficient (Wildman–Crippen LogP) is 4.73. The van der Waals surface area contributed by atoms with Crippen LogP contribution in [0.3, 0.4) is 0 Å². The SMILES string of the molecule is C/C=C/C=C1/N(C)c2ccc3ccc(O)cc3c2C1(C)C. The Morgan fingerprint density at radius 1 is 1.14 bits per heavy atom. The van der Waals surface area contributed by atoms with Gasteiger partial charge in [-0.25, -0.2) is 0 Å². The van der Waals surface area contributed by atoms with E-state index in [-0.39, 0.29) is 5.41 Å². The summed E-state index contributed by atoms with van der Waals surface area (Å²) < 4.78 is 0. The summed E-state index contributed by atoms with van der Waals surface area (Å²) in [6, 6.07) is 9.90. The molecule has 0 atom stereocenters. The molecule has 2 aromatic carbocycles. The predicted molar refractivity (Wildman–Crippen MR) is 89.9 cm³/mol. The summed E-state index contributed by atoms with van der Waals surface area (Å²) in [5.41, 5.74) is 3.69. The third-order valence-corrected chi connectivity index (χ3v) is 4.42. The molecule has 1 heterocycles. The zero-order valence-corrected chi connectivity index (χ0v) is 13.0. The van der Waals surface area contributed by atoms with Crippen LogP contribution in [0.15, 0.2) is 54.3 Å². The molecule has 1 aliphatic heterocycles. The number of anilines is 1. The van der Waals surface area contributed by atoms with Crippen LogP contribution in [0.4, 0.5) is 5.69 Å². The van der Waals surface area contributed by atoms with Crippen LogP contribution in [-0.4, -0.2) is 12.2 Å². The van der Waals surface area contributed by atoms with E-state index in [0.717, 1.165) is 5.39 Å². The minimum Gasteiger partial charge on any atom is -0.508 e. The van der Waals surface area contributed by atoms with Crippen LogP contribution >= 0.6 is 0 Å². The number of benzene rings is 2. The van der Waals surface area contributed by atoms with E-state index in [0.29, 0.717) is 5.75 Å². The standard InChI is InChI=1S/C19H21NO/c1-5-6-7-17-19(2,3)18-15-12-14(21)10-8-13(15)9-11-16(18)20(17)4/h5-12,21H,1-4H3/b6-5+,17-7+. The van der Waals surface area contributed by atoms with Gasteiger partial charge in [0.1, 0.15) is 5.75 Å². The second-order valence-corrected chi connectivity index (χ2v) is 6.13. The number of hydrogen-bond donors (Lipinski definition) is 1. The Morgan fingerprint density at radius 3 is 2.57 bits per heavy atom. The second-order valence-electron chi connectivity index (χ2n) is 6.13. The van der Waals surface area contributed by atoms with E-state index in [1.54, 1.807) is 6.07 Å². The molecule has 108 valence electrons. The lowest BCUT2D eigenvalue weighted by Crippen LogP contribution is -2.22. The molecule has 0 fully saturated rings. The Bertz CT molecular complexity index is 768. The summed E-state index contributed by atoms with van der Waals surface area (Å²) in [5, 5.41) is 12.2. The smallest absolute Gasteiger partial charge is 0.116 e. The highest BCUT2D eigenvalue weighted by Crippen LogP contribution is 2.50. The lowest BCUT2D eigenvalue weighted by molar-refractivity contribution is 0.476. The lowest BCUT2D eigenvalue weighted by atomic mass is 9.81. The maximum absolute atomic E-state index is 9.87. The maximum atomic E-state index is 9.87. The zero-order chi connectivity index (χ0) is 15.2. The van der Waals surface area contributed by atoms with Crippen molar-refractivity contribution in [2.24, 2.45) is 0 Å². The van der Waals surface area contributed by atoms with Crippen LogP contribution in [0, 0.1) is 0 Å². The quantitative estimate of drug-likeness (QED) is 0.815. The number of phenols is 1. The van der Waals surface area contributed by atoms with Gasteiger partial charge in [0, 0.05) is 23.8 Å².